The molecule has 0 bridgehead atoms. The van der Waals surface area contributed by atoms with E-state index >= 15 is 0 Å². The second-order valence-corrected chi connectivity index (χ2v) is 11.6. The molecule has 166 valence electrons. The molecule has 1 fully saturated rings. The fourth-order valence-corrected chi connectivity index (χ4v) is 7.45. The number of piperidine rings is 1. The van der Waals surface area contributed by atoms with Gasteiger partial charge < -0.3 is 5.32 Å². The monoisotopic (exact) mass is 461 g/mol. The molecule has 0 unspecified atom stereocenters. The molecule has 31 heavy (non-hydrogen) atoms. The molecule has 0 radical (unpaired) electrons. The van der Waals surface area contributed by atoms with Crippen LogP contribution in [-0.2, 0) is 20.0 Å². The van der Waals surface area contributed by atoms with Gasteiger partial charge in [-0.2, -0.15) is 0 Å². The third-order valence-electron chi connectivity index (χ3n) is 5.64. The number of hydrogen-bond acceptors (Lipinski definition) is 5. The van der Waals surface area contributed by atoms with Gasteiger partial charge in [-0.05, 0) is 61.7 Å². The van der Waals surface area contributed by atoms with Crippen LogP contribution in [0.25, 0.3) is 10.9 Å². The predicted octanol–water partition coefficient (Wildman–Crippen LogP) is 3.03. The Kier molecular flexibility index (Phi) is 5.95. The molecule has 0 atom stereocenters. The first-order chi connectivity index (χ1) is 14.7. The van der Waals surface area contributed by atoms with E-state index in [0.717, 1.165) is 22.6 Å². The maximum Gasteiger partial charge on any atom is 0.269 e. The largest absolute Gasteiger partial charge is 0.317 e. The lowest BCUT2D eigenvalue weighted by molar-refractivity contribution is 0.426. The van der Waals surface area contributed by atoms with Crippen molar-refractivity contribution in [3.63, 3.8) is 0 Å². The molecule has 0 spiro atoms. The standard InChI is InChI=1S/C22H27N3O4S2/c1-16(2)19-9-6-10-21-20(19)15-22(30(26,27)24-17-11-13-23-14-12-17)25(21)31(28,29)18-7-4-3-5-8-18/h3-10,15-17,23-24H,11-14H2,1-2H3. The Hall–Kier alpha value is -2.20. The van der Waals surface area contributed by atoms with Crippen molar-refractivity contribution in [2.75, 3.05) is 13.1 Å². The Morgan fingerprint density at radius 2 is 1.65 bits per heavy atom. The molecule has 2 N–H and O–H groups in total. The highest BCUT2D eigenvalue weighted by molar-refractivity contribution is 7.92. The average Bonchev–Trinajstić information content (AvgIpc) is 3.16. The highest BCUT2D eigenvalue weighted by atomic mass is 32.2. The van der Waals surface area contributed by atoms with Gasteiger partial charge in [-0.15, -0.1) is 0 Å². The summed E-state index contributed by atoms with van der Waals surface area (Å²) in [6, 6.07) is 14.5. The quantitative estimate of drug-likeness (QED) is 0.588. The summed E-state index contributed by atoms with van der Waals surface area (Å²) < 4.78 is 57.8. The minimum Gasteiger partial charge on any atom is -0.317 e. The highest BCUT2D eigenvalue weighted by Crippen LogP contribution is 2.33. The lowest BCUT2D eigenvalue weighted by Crippen LogP contribution is -2.43. The van der Waals surface area contributed by atoms with E-state index in [0.29, 0.717) is 23.7 Å². The van der Waals surface area contributed by atoms with Crippen LogP contribution in [0, 0.1) is 0 Å². The molecular weight excluding hydrogens is 434 g/mol. The molecule has 0 saturated carbocycles. The summed E-state index contributed by atoms with van der Waals surface area (Å²) in [5, 5.41) is 3.58. The normalized spacial score (nSPS) is 16.2. The van der Waals surface area contributed by atoms with Crippen LogP contribution in [0.4, 0.5) is 0 Å². The summed E-state index contributed by atoms with van der Waals surface area (Å²) in [6.07, 6.45) is 1.31. The van der Waals surface area contributed by atoms with Crippen LogP contribution in [-0.4, -0.2) is 39.9 Å². The molecule has 1 aliphatic heterocycles. The molecule has 7 nitrogen and oxygen atoms in total. The first-order valence-corrected chi connectivity index (χ1v) is 13.3. The van der Waals surface area contributed by atoms with Crippen LogP contribution in [0.5, 0.6) is 0 Å². The van der Waals surface area contributed by atoms with E-state index in [9.17, 15) is 16.8 Å². The van der Waals surface area contributed by atoms with E-state index in [1.54, 1.807) is 30.3 Å². The minimum atomic E-state index is -4.13. The first-order valence-electron chi connectivity index (χ1n) is 10.4. The highest BCUT2D eigenvalue weighted by Gasteiger charge is 2.32. The second-order valence-electron chi connectivity index (χ2n) is 8.15. The van der Waals surface area contributed by atoms with Crippen molar-refractivity contribution < 1.29 is 16.8 Å². The molecule has 2 aromatic carbocycles. The Morgan fingerprint density at radius 3 is 2.29 bits per heavy atom. The van der Waals surface area contributed by atoms with Crippen LogP contribution in [0.1, 0.15) is 38.2 Å². The zero-order valence-electron chi connectivity index (χ0n) is 17.6. The van der Waals surface area contributed by atoms with Gasteiger partial charge in [0.05, 0.1) is 10.4 Å². The maximum absolute atomic E-state index is 13.6. The van der Waals surface area contributed by atoms with Gasteiger partial charge in [0.2, 0.25) is 0 Å². The van der Waals surface area contributed by atoms with Crippen LogP contribution in [0.2, 0.25) is 0 Å². The summed E-state index contributed by atoms with van der Waals surface area (Å²) in [6.45, 7) is 5.44. The molecule has 0 aliphatic carbocycles. The Bertz CT molecular complexity index is 1290. The smallest absolute Gasteiger partial charge is 0.269 e. The number of nitrogens with zero attached hydrogens (tertiary/aromatic N) is 1. The van der Waals surface area contributed by atoms with E-state index in [2.05, 4.69) is 10.0 Å². The molecular formula is C22H27N3O4S2. The van der Waals surface area contributed by atoms with Crippen LogP contribution >= 0.6 is 0 Å². The number of fused-ring (bicyclic) bond motifs is 1. The maximum atomic E-state index is 13.6. The van der Waals surface area contributed by atoms with Crippen LogP contribution in [0.15, 0.2) is 64.5 Å². The summed E-state index contributed by atoms with van der Waals surface area (Å²) in [7, 11) is -8.21. The summed E-state index contributed by atoms with van der Waals surface area (Å²) >= 11 is 0. The third kappa shape index (κ3) is 4.15. The van der Waals surface area contributed by atoms with E-state index in [-0.39, 0.29) is 21.9 Å². The fraction of sp³-hybridized carbons (Fsp3) is 0.364. The van der Waals surface area contributed by atoms with E-state index in [1.165, 1.54) is 18.2 Å². The number of aromatic nitrogens is 1. The minimum absolute atomic E-state index is 0.0424. The van der Waals surface area contributed by atoms with Gasteiger partial charge >= 0.3 is 0 Å². The van der Waals surface area contributed by atoms with Crippen molar-refractivity contribution in [1.82, 2.24) is 14.0 Å². The molecule has 0 amide bonds. The summed E-state index contributed by atoms with van der Waals surface area (Å²) in [5.41, 5.74) is 1.26. The van der Waals surface area contributed by atoms with Gasteiger partial charge in [0.15, 0.2) is 5.03 Å². The van der Waals surface area contributed by atoms with Crippen LogP contribution < -0.4 is 10.0 Å². The van der Waals surface area contributed by atoms with Crippen molar-refractivity contribution in [1.29, 1.82) is 0 Å². The second kappa shape index (κ2) is 8.38. The van der Waals surface area contributed by atoms with Crippen molar-refractivity contribution in [2.45, 2.75) is 48.6 Å². The molecule has 1 saturated heterocycles. The van der Waals surface area contributed by atoms with Crippen LogP contribution in [0.3, 0.4) is 0 Å². The lowest BCUT2D eigenvalue weighted by Gasteiger charge is -2.23. The zero-order valence-corrected chi connectivity index (χ0v) is 19.2. The first kappa shape index (κ1) is 22.0. The number of hydrogen-bond donors (Lipinski definition) is 2. The predicted molar refractivity (Wildman–Crippen MR) is 121 cm³/mol. The molecule has 4 rings (SSSR count). The van der Waals surface area contributed by atoms with Crippen molar-refractivity contribution in [3.8, 4) is 0 Å². The topological polar surface area (TPSA) is 97.3 Å². The molecule has 3 aromatic rings. The van der Waals surface area contributed by atoms with E-state index in [4.69, 9.17) is 0 Å². The van der Waals surface area contributed by atoms with Gasteiger partial charge in [0.1, 0.15) is 0 Å². The number of sulfonamides is 1. The van der Waals surface area contributed by atoms with E-state index < -0.39 is 20.0 Å². The molecule has 1 aromatic heterocycles. The SMILES string of the molecule is CC(C)c1cccc2c1cc(S(=O)(=O)NC1CCNCC1)n2S(=O)(=O)c1ccccc1. The lowest BCUT2D eigenvalue weighted by atomic mass is 10.00. The Balaban J connectivity index is 1.96. The summed E-state index contributed by atoms with van der Waals surface area (Å²) in [4.78, 5) is 0.0424. The van der Waals surface area contributed by atoms with Gasteiger partial charge in [-0.25, -0.2) is 25.5 Å². The van der Waals surface area contributed by atoms with Crippen molar-refractivity contribution >= 4 is 30.9 Å². The average molecular weight is 462 g/mol. The molecule has 1 aliphatic rings. The molecule has 9 heteroatoms. The Morgan fingerprint density at radius 1 is 0.968 bits per heavy atom. The number of nitrogens with one attached hydrogen (secondary N) is 2. The number of benzene rings is 2. The van der Waals surface area contributed by atoms with Gasteiger partial charge in [-0.1, -0.05) is 44.2 Å². The van der Waals surface area contributed by atoms with Gasteiger partial charge in [0, 0.05) is 11.4 Å². The van der Waals surface area contributed by atoms with Gasteiger partial charge in [0.25, 0.3) is 20.0 Å². The van der Waals surface area contributed by atoms with Crippen molar-refractivity contribution in [3.05, 3.63) is 60.2 Å². The van der Waals surface area contributed by atoms with Crippen molar-refractivity contribution in [2.24, 2.45) is 0 Å². The summed E-state index contributed by atoms with van der Waals surface area (Å²) in [5.74, 6) is 0.104. The van der Waals surface area contributed by atoms with E-state index in [1.807, 2.05) is 19.9 Å². The molecule has 2 heterocycles. The fourth-order valence-electron chi connectivity index (χ4n) is 4.06. The zero-order chi connectivity index (χ0) is 22.2. The van der Waals surface area contributed by atoms with Gasteiger partial charge in [-0.3, -0.25) is 0 Å². The Labute approximate surface area is 183 Å². The third-order valence-corrected chi connectivity index (χ3v) is 9.00. The number of rotatable bonds is 6.